The fourth-order valence-electron chi connectivity index (χ4n) is 2.47. The SMILES string of the molecule is CCC(C(=O)Nc1sc(C)c(C)c1C(N)=O)n1c(N)nnc1SCC#N. The molecule has 2 aromatic heterocycles. The molecule has 2 heterocycles. The smallest absolute Gasteiger partial charge is 0.251 e. The Kier molecular flexibility index (Phi) is 6.23. The molecule has 11 heteroatoms. The normalized spacial score (nSPS) is 11.8. The fraction of sp³-hybridized carbons (Fsp3) is 0.400. The van der Waals surface area contributed by atoms with E-state index in [1.807, 2.05) is 19.9 Å². The van der Waals surface area contributed by atoms with Gasteiger partial charge in [0.2, 0.25) is 11.9 Å². The summed E-state index contributed by atoms with van der Waals surface area (Å²) >= 11 is 2.44. The summed E-state index contributed by atoms with van der Waals surface area (Å²) in [5, 5.41) is 20.1. The second kappa shape index (κ2) is 8.20. The van der Waals surface area contributed by atoms with Crippen LogP contribution in [0.15, 0.2) is 5.16 Å². The van der Waals surface area contributed by atoms with Crippen molar-refractivity contribution in [1.29, 1.82) is 5.26 Å². The van der Waals surface area contributed by atoms with E-state index < -0.39 is 11.9 Å². The molecule has 0 bridgehead atoms. The highest BCUT2D eigenvalue weighted by molar-refractivity contribution is 7.99. The quantitative estimate of drug-likeness (QED) is 0.607. The number of thiophene rings is 1. The zero-order chi connectivity index (χ0) is 19.4. The van der Waals surface area contributed by atoms with Crippen molar-refractivity contribution in [2.24, 2.45) is 5.73 Å². The van der Waals surface area contributed by atoms with E-state index in [9.17, 15) is 9.59 Å². The molecule has 0 aliphatic carbocycles. The molecule has 138 valence electrons. The molecular weight excluding hydrogens is 374 g/mol. The van der Waals surface area contributed by atoms with E-state index in [0.29, 0.717) is 22.1 Å². The van der Waals surface area contributed by atoms with Crippen molar-refractivity contribution in [2.75, 3.05) is 16.8 Å². The molecule has 0 radical (unpaired) electrons. The number of hydrogen-bond donors (Lipinski definition) is 3. The lowest BCUT2D eigenvalue weighted by atomic mass is 10.1. The van der Waals surface area contributed by atoms with Gasteiger partial charge in [-0.05, 0) is 25.8 Å². The second-order valence-electron chi connectivity index (χ2n) is 5.42. The number of nitrogen functional groups attached to an aromatic ring is 1. The van der Waals surface area contributed by atoms with Crippen LogP contribution in [-0.2, 0) is 4.79 Å². The number of aromatic nitrogens is 3. The molecule has 5 N–H and O–H groups in total. The number of anilines is 2. The maximum absolute atomic E-state index is 12.9. The molecule has 0 aromatic carbocycles. The van der Waals surface area contributed by atoms with Crippen molar-refractivity contribution >= 4 is 45.9 Å². The molecule has 0 saturated carbocycles. The van der Waals surface area contributed by atoms with Crippen molar-refractivity contribution < 1.29 is 9.59 Å². The molecule has 0 aliphatic rings. The Balaban J connectivity index is 2.34. The van der Waals surface area contributed by atoms with Crippen LogP contribution in [0.5, 0.6) is 0 Å². The molecule has 9 nitrogen and oxygen atoms in total. The molecule has 26 heavy (non-hydrogen) atoms. The molecule has 2 rings (SSSR count). The van der Waals surface area contributed by atoms with Gasteiger partial charge in [0.1, 0.15) is 11.0 Å². The predicted octanol–water partition coefficient (Wildman–Crippen LogP) is 1.84. The van der Waals surface area contributed by atoms with Gasteiger partial charge in [-0.1, -0.05) is 18.7 Å². The van der Waals surface area contributed by atoms with Crippen LogP contribution < -0.4 is 16.8 Å². The van der Waals surface area contributed by atoms with Gasteiger partial charge in [0.25, 0.3) is 5.91 Å². The minimum Gasteiger partial charge on any atom is -0.368 e. The lowest BCUT2D eigenvalue weighted by Gasteiger charge is -2.18. The van der Waals surface area contributed by atoms with Crippen LogP contribution >= 0.6 is 23.1 Å². The average Bonchev–Trinajstić information content (AvgIpc) is 3.07. The first-order valence-corrected chi connectivity index (χ1v) is 9.52. The molecule has 0 saturated heterocycles. The first-order valence-electron chi connectivity index (χ1n) is 7.72. The van der Waals surface area contributed by atoms with Gasteiger partial charge < -0.3 is 16.8 Å². The van der Waals surface area contributed by atoms with Crippen LogP contribution in [0.2, 0.25) is 0 Å². The average molecular weight is 393 g/mol. The third-order valence-electron chi connectivity index (χ3n) is 3.83. The molecule has 1 atom stereocenters. The van der Waals surface area contributed by atoms with E-state index in [4.69, 9.17) is 16.7 Å². The van der Waals surface area contributed by atoms with Gasteiger partial charge in [-0.2, -0.15) is 5.26 Å². The number of amides is 2. The third kappa shape index (κ3) is 3.81. The van der Waals surface area contributed by atoms with Gasteiger partial charge in [0, 0.05) is 4.88 Å². The van der Waals surface area contributed by atoms with Gasteiger partial charge in [-0.15, -0.1) is 21.5 Å². The first-order chi connectivity index (χ1) is 12.3. The van der Waals surface area contributed by atoms with Crippen LogP contribution in [-0.4, -0.2) is 32.3 Å². The Labute approximate surface area is 158 Å². The number of carbonyl (C=O) groups excluding carboxylic acids is 2. The van der Waals surface area contributed by atoms with Crippen LogP contribution in [0.3, 0.4) is 0 Å². The van der Waals surface area contributed by atoms with E-state index in [1.165, 1.54) is 15.9 Å². The Hall–Kier alpha value is -2.58. The van der Waals surface area contributed by atoms with E-state index >= 15 is 0 Å². The van der Waals surface area contributed by atoms with E-state index in [-0.39, 0.29) is 17.6 Å². The standard InChI is InChI=1S/C15H19N7O2S2/c1-4-9(22-14(18)20-21-15(22)25-6-5-16)12(24)19-13-10(11(17)23)7(2)8(3)26-13/h9H,4,6H2,1-3H3,(H2,17,23)(H2,18,20)(H,19,24). The van der Waals surface area contributed by atoms with Crippen molar-refractivity contribution in [1.82, 2.24) is 14.8 Å². The van der Waals surface area contributed by atoms with Crippen molar-refractivity contribution in [2.45, 2.75) is 38.4 Å². The molecule has 0 fully saturated rings. The Morgan fingerprint density at radius 3 is 2.69 bits per heavy atom. The molecule has 2 amide bonds. The molecule has 0 spiro atoms. The summed E-state index contributed by atoms with van der Waals surface area (Å²) in [5.41, 5.74) is 12.4. The fourth-order valence-corrected chi connectivity index (χ4v) is 4.19. The van der Waals surface area contributed by atoms with Crippen LogP contribution in [0.25, 0.3) is 0 Å². The van der Waals surface area contributed by atoms with E-state index in [2.05, 4.69) is 15.5 Å². The summed E-state index contributed by atoms with van der Waals surface area (Å²) in [4.78, 5) is 25.5. The second-order valence-corrected chi connectivity index (χ2v) is 7.59. The van der Waals surface area contributed by atoms with Gasteiger partial charge in [0.15, 0.2) is 5.16 Å². The van der Waals surface area contributed by atoms with Crippen molar-refractivity contribution in [3.63, 3.8) is 0 Å². The number of nitrogens with one attached hydrogen (secondary N) is 1. The summed E-state index contributed by atoms with van der Waals surface area (Å²) in [6.07, 6.45) is 0.420. The maximum Gasteiger partial charge on any atom is 0.251 e. The van der Waals surface area contributed by atoms with E-state index in [0.717, 1.165) is 22.2 Å². The van der Waals surface area contributed by atoms with Crippen LogP contribution in [0.4, 0.5) is 10.9 Å². The number of aryl methyl sites for hydroxylation is 1. The molecular formula is C15H19N7O2S2. The summed E-state index contributed by atoms with van der Waals surface area (Å²) in [6.45, 7) is 5.46. The highest BCUT2D eigenvalue weighted by atomic mass is 32.2. The minimum atomic E-state index is -0.686. The predicted molar refractivity (Wildman–Crippen MR) is 101 cm³/mol. The summed E-state index contributed by atoms with van der Waals surface area (Å²) < 4.78 is 1.49. The molecule has 1 unspecified atom stereocenters. The number of primary amides is 1. The topological polar surface area (TPSA) is 153 Å². The number of rotatable bonds is 7. The number of thioether (sulfide) groups is 1. The number of carbonyl (C=O) groups is 2. The number of hydrogen-bond acceptors (Lipinski definition) is 8. The summed E-state index contributed by atoms with van der Waals surface area (Å²) in [7, 11) is 0. The Morgan fingerprint density at radius 1 is 1.42 bits per heavy atom. The third-order valence-corrected chi connectivity index (χ3v) is 5.76. The van der Waals surface area contributed by atoms with Gasteiger partial charge >= 0.3 is 0 Å². The highest BCUT2D eigenvalue weighted by Gasteiger charge is 2.27. The lowest BCUT2D eigenvalue weighted by molar-refractivity contribution is -0.119. The van der Waals surface area contributed by atoms with Gasteiger partial charge in [0.05, 0.1) is 17.4 Å². The van der Waals surface area contributed by atoms with Crippen molar-refractivity contribution in [3.8, 4) is 6.07 Å². The molecule has 2 aromatic rings. The number of nitriles is 1. The zero-order valence-corrected chi connectivity index (χ0v) is 16.2. The van der Waals surface area contributed by atoms with E-state index in [1.54, 1.807) is 6.92 Å². The summed E-state index contributed by atoms with van der Waals surface area (Å²) in [5.74, 6) is -0.711. The highest BCUT2D eigenvalue weighted by Crippen LogP contribution is 2.33. The van der Waals surface area contributed by atoms with Crippen LogP contribution in [0, 0.1) is 25.2 Å². The zero-order valence-electron chi connectivity index (χ0n) is 14.6. The number of nitrogens with zero attached hydrogens (tertiary/aromatic N) is 4. The molecule has 0 aliphatic heterocycles. The summed E-state index contributed by atoms with van der Waals surface area (Å²) in [6, 6.07) is 1.31. The van der Waals surface area contributed by atoms with Crippen LogP contribution in [0.1, 0.15) is 40.2 Å². The lowest BCUT2D eigenvalue weighted by Crippen LogP contribution is -2.28. The van der Waals surface area contributed by atoms with Gasteiger partial charge in [-0.25, -0.2) is 0 Å². The first kappa shape index (κ1) is 19.7. The largest absolute Gasteiger partial charge is 0.368 e. The van der Waals surface area contributed by atoms with Crippen molar-refractivity contribution in [3.05, 3.63) is 16.0 Å². The minimum absolute atomic E-state index is 0.0844. The monoisotopic (exact) mass is 393 g/mol. The Morgan fingerprint density at radius 2 is 2.12 bits per heavy atom. The Bertz CT molecular complexity index is 881. The maximum atomic E-state index is 12.9. The number of nitrogens with two attached hydrogens (primary N) is 2. The van der Waals surface area contributed by atoms with Gasteiger partial charge in [-0.3, -0.25) is 14.2 Å².